The molecule has 32 heavy (non-hydrogen) atoms. The molecule has 0 saturated carbocycles. The van der Waals surface area contributed by atoms with Gasteiger partial charge in [0.1, 0.15) is 0 Å². The van der Waals surface area contributed by atoms with Crippen LogP contribution < -0.4 is 10.6 Å². The minimum absolute atomic E-state index is 0. The van der Waals surface area contributed by atoms with Crippen LogP contribution in [0.5, 0.6) is 0 Å². The smallest absolute Gasteiger partial charge is 0.191 e. The van der Waals surface area contributed by atoms with Gasteiger partial charge in [-0.25, -0.2) is 0 Å². The first-order chi connectivity index (χ1) is 15.2. The lowest BCUT2D eigenvalue weighted by Gasteiger charge is -2.38. The number of hydrogen-bond acceptors (Lipinski definition) is 3. The third-order valence-electron chi connectivity index (χ3n) is 5.93. The highest BCUT2D eigenvalue weighted by Crippen LogP contribution is 2.19. The second kappa shape index (κ2) is 15.2. The van der Waals surface area contributed by atoms with E-state index in [1.165, 1.54) is 11.1 Å². The molecule has 0 amide bonds. The second-order valence-electron chi connectivity index (χ2n) is 8.42. The molecule has 2 aromatic carbocycles. The number of rotatable bonds is 10. The Hall–Kier alpha value is -1.64. The van der Waals surface area contributed by atoms with E-state index in [4.69, 9.17) is 4.74 Å². The van der Waals surface area contributed by atoms with E-state index in [-0.39, 0.29) is 24.0 Å². The van der Waals surface area contributed by atoms with Crippen molar-refractivity contribution in [2.45, 2.75) is 57.8 Å². The number of ether oxygens (including phenoxy) is 1. The molecule has 1 heterocycles. The van der Waals surface area contributed by atoms with Gasteiger partial charge in [-0.2, -0.15) is 0 Å². The average molecular weight is 551 g/mol. The van der Waals surface area contributed by atoms with Crippen LogP contribution in [-0.4, -0.2) is 49.7 Å². The normalized spacial score (nSPS) is 19.2. The van der Waals surface area contributed by atoms with Gasteiger partial charge < -0.3 is 15.4 Å². The van der Waals surface area contributed by atoms with Crippen LogP contribution in [0.3, 0.4) is 0 Å². The molecule has 2 unspecified atom stereocenters. The van der Waals surface area contributed by atoms with Crippen molar-refractivity contribution < 1.29 is 4.74 Å². The minimum atomic E-state index is 0. The van der Waals surface area contributed by atoms with Crippen LogP contribution in [0, 0.1) is 0 Å². The lowest BCUT2D eigenvalue weighted by molar-refractivity contribution is 0.117. The summed E-state index contributed by atoms with van der Waals surface area (Å²) in [7, 11) is 1.85. The van der Waals surface area contributed by atoms with Crippen molar-refractivity contribution in [3.05, 3.63) is 71.8 Å². The zero-order chi connectivity index (χ0) is 21.7. The molecule has 2 N–H and O–H groups in total. The Kier molecular flexibility index (Phi) is 12.7. The molecule has 1 aliphatic heterocycles. The monoisotopic (exact) mass is 550 g/mol. The van der Waals surface area contributed by atoms with Crippen molar-refractivity contribution in [3.8, 4) is 0 Å². The zero-order valence-electron chi connectivity index (χ0n) is 19.5. The van der Waals surface area contributed by atoms with Crippen LogP contribution in [0.1, 0.15) is 43.7 Å². The molecule has 6 heteroatoms. The number of piperidine rings is 1. The quantitative estimate of drug-likeness (QED) is 0.193. The largest absolute Gasteiger partial charge is 0.377 e. The van der Waals surface area contributed by atoms with Crippen LogP contribution in [0.15, 0.2) is 65.7 Å². The number of benzene rings is 2. The first-order valence-electron chi connectivity index (χ1n) is 11.6. The molecule has 2 aromatic rings. The molecule has 0 aromatic heterocycles. The summed E-state index contributed by atoms with van der Waals surface area (Å²) < 4.78 is 5.76. The fourth-order valence-electron chi connectivity index (χ4n) is 4.09. The van der Waals surface area contributed by atoms with E-state index in [0.717, 1.165) is 57.9 Å². The van der Waals surface area contributed by atoms with Crippen LogP contribution in [0.25, 0.3) is 0 Å². The number of unbranched alkanes of at least 4 members (excludes halogenated alkanes) is 1. The van der Waals surface area contributed by atoms with Crippen molar-refractivity contribution >= 4 is 29.9 Å². The number of nitrogens with one attached hydrogen (secondary N) is 2. The van der Waals surface area contributed by atoms with E-state index in [1.54, 1.807) is 0 Å². The van der Waals surface area contributed by atoms with E-state index >= 15 is 0 Å². The lowest BCUT2D eigenvalue weighted by Crippen LogP contribution is -2.51. The molecule has 3 rings (SSSR count). The molecular weight excluding hydrogens is 511 g/mol. The van der Waals surface area contributed by atoms with Gasteiger partial charge >= 0.3 is 0 Å². The number of likely N-dealkylation sites (tertiary alicyclic amines) is 1. The van der Waals surface area contributed by atoms with E-state index < -0.39 is 0 Å². The molecule has 1 saturated heterocycles. The van der Waals surface area contributed by atoms with E-state index in [0.29, 0.717) is 18.7 Å². The molecule has 5 nitrogen and oxygen atoms in total. The van der Waals surface area contributed by atoms with E-state index in [1.807, 2.05) is 13.1 Å². The van der Waals surface area contributed by atoms with E-state index in [2.05, 4.69) is 82.0 Å². The zero-order valence-corrected chi connectivity index (χ0v) is 21.8. The van der Waals surface area contributed by atoms with E-state index in [9.17, 15) is 0 Å². The van der Waals surface area contributed by atoms with Crippen molar-refractivity contribution in [2.24, 2.45) is 4.99 Å². The summed E-state index contributed by atoms with van der Waals surface area (Å²) in [6.07, 6.45) is 4.40. The highest BCUT2D eigenvalue weighted by Gasteiger charge is 2.25. The van der Waals surface area contributed by atoms with Crippen molar-refractivity contribution in [1.82, 2.24) is 15.5 Å². The molecule has 0 aliphatic carbocycles. The number of halogens is 1. The first kappa shape index (κ1) is 26.6. The average Bonchev–Trinajstić information content (AvgIpc) is 2.80. The van der Waals surface area contributed by atoms with Gasteiger partial charge in [-0.05, 0) is 43.7 Å². The minimum Gasteiger partial charge on any atom is -0.377 e. The molecule has 1 aliphatic rings. The third kappa shape index (κ3) is 9.46. The Labute approximate surface area is 211 Å². The number of guanidine groups is 1. The maximum absolute atomic E-state index is 5.76. The molecule has 0 spiro atoms. The summed E-state index contributed by atoms with van der Waals surface area (Å²) in [5.74, 6) is 0.916. The Morgan fingerprint density at radius 2 is 1.72 bits per heavy atom. The Balaban J connectivity index is 0.00000363. The summed E-state index contributed by atoms with van der Waals surface area (Å²) in [6, 6.07) is 22.1. The first-order valence-corrected chi connectivity index (χ1v) is 11.6. The molecule has 0 radical (unpaired) electrons. The van der Waals surface area contributed by atoms with Crippen molar-refractivity contribution in [1.29, 1.82) is 0 Å². The Morgan fingerprint density at radius 1 is 1.03 bits per heavy atom. The fraction of sp³-hybridized carbons (Fsp3) is 0.500. The maximum atomic E-state index is 5.76. The van der Waals surface area contributed by atoms with Gasteiger partial charge in [0.2, 0.25) is 0 Å². The summed E-state index contributed by atoms with van der Waals surface area (Å²) in [4.78, 5) is 7.00. The van der Waals surface area contributed by atoms with Gasteiger partial charge in [-0.3, -0.25) is 9.89 Å². The number of aliphatic imine (C=N–C) groups is 1. The second-order valence-corrected chi connectivity index (χ2v) is 8.42. The summed E-state index contributed by atoms with van der Waals surface area (Å²) in [6.45, 7) is 6.88. The molecule has 0 bridgehead atoms. The van der Waals surface area contributed by atoms with Crippen LogP contribution >= 0.6 is 24.0 Å². The summed E-state index contributed by atoms with van der Waals surface area (Å²) >= 11 is 0. The van der Waals surface area contributed by atoms with Gasteiger partial charge in [0.05, 0.1) is 6.61 Å². The predicted octanol–water partition coefficient (Wildman–Crippen LogP) is 4.82. The highest BCUT2D eigenvalue weighted by molar-refractivity contribution is 14.0. The third-order valence-corrected chi connectivity index (χ3v) is 5.93. The van der Waals surface area contributed by atoms with Crippen molar-refractivity contribution in [3.63, 3.8) is 0 Å². The van der Waals surface area contributed by atoms with Gasteiger partial charge in [-0.15, -0.1) is 24.0 Å². The summed E-state index contributed by atoms with van der Waals surface area (Å²) in [5.41, 5.74) is 2.63. The lowest BCUT2D eigenvalue weighted by atomic mass is 9.97. The van der Waals surface area contributed by atoms with Gasteiger partial charge in [0.15, 0.2) is 5.96 Å². The highest BCUT2D eigenvalue weighted by atomic mass is 127. The van der Waals surface area contributed by atoms with Gasteiger partial charge in [0.25, 0.3) is 0 Å². The predicted molar refractivity (Wildman–Crippen MR) is 145 cm³/mol. The molecule has 2 atom stereocenters. The number of hydrogen-bond donors (Lipinski definition) is 2. The van der Waals surface area contributed by atoms with Crippen LogP contribution in [0.2, 0.25) is 0 Å². The van der Waals surface area contributed by atoms with Crippen molar-refractivity contribution in [2.75, 3.05) is 26.7 Å². The molecule has 176 valence electrons. The molecular formula is C26H39IN4O. The van der Waals surface area contributed by atoms with Gasteiger partial charge in [-0.1, -0.05) is 60.7 Å². The number of nitrogens with zero attached hydrogens (tertiary/aromatic N) is 2. The fourth-order valence-corrected chi connectivity index (χ4v) is 4.09. The topological polar surface area (TPSA) is 48.9 Å². The van der Waals surface area contributed by atoms with Crippen LogP contribution in [-0.2, 0) is 17.9 Å². The SMILES string of the molecule is CN=C(NCCCCOCc1ccccc1)NC1CCN(Cc2ccccc2)C(C)C1.I. The standard InChI is InChI=1S/C26H38N4O.HI/c1-22-19-25(15-17-30(22)20-23-11-5-3-6-12-23)29-26(27-2)28-16-9-10-18-31-21-24-13-7-4-8-14-24;/h3-8,11-14,22,25H,9-10,15-21H2,1-2H3,(H2,27,28,29);1H. The van der Waals surface area contributed by atoms with Gasteiger partial charge in [0, 0.05) is 45.4 Å². The summed E-state index contributed by atoms with van der Waals surface area (Å²) in [5, 5.41) is 7.09. The molecule has 1 fully saturated rings. The Morgan fingerprint density at radius 3 is 2.38 bits per heavy atom. The maximum Gasteiger partial charge on any atom is 0.191 e. The Bertz CT molecular complexity index is 772. The van der Waals surface area contributed by atoms with Crippen LogP contribution in [0.4, 0.5) is 0 Å².